The van der Waals surface area contributed by atoms with Gasteiger partial charge in [0.1, 0.15) is 11.3 Å². The minimum Gasteiger partial charge on any atom is -0.506 e. The van der Waals surface area contributed by atoms with Gasteiger partial charge in [-0.3, -0.25) is 0 Å². The number of carboxylic acid groups (broad SMARTS) is 1. The highest BCUT2D eigenvalue weighted by Gasteiger charge is 2.39. The van der Waals surface area contributed by atoms with Gasteiger partial charge in [0.25, 0.3) is 0 Å². The van der Waals surface area contributed by atoms with Crippen LogP contribution in [0.3, 0.4) is 0 Å². The summed E-state index contributed by atoms with van der Waals surface area (Å²) in [6, 6.07) is 43.2. The second kappa shape index (κ2) is 9.32. The van der Waals surface area contributed by atoms with E-state index < -0.39 is 11.4 Å². The van der Waals surface area contributed by atoms with Crippen LogP contribution in [0.4, 0.5) is 0 Å². The van der Waals surface area contributed by atoms with Gasteiger partial charge in [-0.1, -0.05) is 121 Å². The molecule has 0 spiro atoms. The zero-order valence-electron chi connectivity index (χ0n) is 19.0. The highest BCUT2D eigenvalue weighted by Crippen LogP contribution is 2.47. The van der Waals surface area contributed by atoms with Gasteiger partial charge >= 0.3 is 5.97 Å². The summed E-state index contributed by atoms with van der Waals surface area (Å²) in [7, 11) is 0. The number of hydrogen-bond donors (Lipinski definition) is 2. The van der Waals surface area contributed by atoms with E-state index in [-0.39, 0.29) is 11.3 Å². The van der Waals surface area contributed by atoms with Crippen molar-refractivity contribution in [3.8, 4) is 16.9 Å². The molecule has 2 N–H and O–H groups in total. The molecule has 0 aliphatic heterocycles. The van der Waals surface area contributed by atoms with E-state index in [1.165, 1.54) is 0 Å². The topological polar surface area (TPSA) is 57.5 Å². The van der Waals surface area contributed by atoms with Crippen LogP contribution in [0.1, 0.15) is 32.6 Å². The van der Waals surface area contributed by atoms with Gasteiger partial charge in [0.15, 0.2) is 0 Å². The first kappa shape index (κ1) is 22.2. The molecule has 0 aromatic heterocycles. The van der Waals surface area contributed by atoms with E-state index in [0.29, 0.717) is 5.56 Å². The number of phenols is 1. The van der Waals surface area contributed by atoms with Crippen LogP contribution in [0, 0.1) is 0 Å². The average molecular weight is 457 g/mol. The molecule has 170 valence electrons. The molecule has 0 radical (unpaired) electrons. The van der Waals surface area contributed by atoms with Crippen molar-refractivity contribution in [3.63, 3.8) is 0 Å². The molecule has 0 unspecified atom stereocenters. The van der Waals surface area contributed by atoms with Crippen molar-refractivity contribution < 1.29 is 15.0 Å². The molecule has 0 fully saturated rings. The third-order valence-electron chi connectivity index (χ3n) is 6.48. The van der Waals surface area contributed by atoms with E-state index in [1.807, 2.05) is 91.0 Å². The van der Waals surface area contributed by atoms with Crippen LogP contribution >= 0.6 is 0 Å². The van der Waals surface area contributed by atoms with Crippen LogP contribution in [0.2, 0.25) is 0 Å². The largest absolute Gasteiger partial charge is 0.506 e. The average Bonchev–Trinajstić information content (AvgIpc) is 2.92. The summed E-state index contributed by atoms with van der Waals surface area (Å²) >= 11 is 0. The minimum absolute atomic E-state index is 0.131. The highest BCUT2D eigenvalue weighted by molar-refractivity contribution is 5.95. The molecule has 5 aromatic carbocycles. The molecular formula is C32H24O3. The summed E-state index contributed by atoms with van der Waals surface area (Å²) in [5, 5.41) is 21.1. The number of benzene rings is 5. The second-order valence-electron chi connectivity index (χ2n) is 8.44. The van der Waals surface area contributed by atoms with E-state index in [9.17, 15) is 15.0 Å². The molecule has 0 saturated heterocycles. The lowest BCUT2D eigenvalue weighted by molar-refractivity contribution is 0.0693. The van der Waals surface area contributed by atoms with Crippen LogP contribution < -0.4 is 0 Å². The Kier molecular flexibility index (Phi) is 5.90. The molecule has 0 aliphatic rings. The molecule has 35 heavy (non-hydrogen) atoms. The molecule has 0 aliphatic carbocycles. The molecular weight excluding hydrogens is 432 g/mol. The summed E-state index contributed by atoms with van der Waals surface area (Å²) in [5.41, 5.74) is 4.04. The van der Waals surface area contributed by atoms with Crippen molar-refractivity contribution in [2.75, 3.05) is 0 Å². The Balaban J connectivity index is 1.95. The molecule has 0 heterocycles. The van der Waals surface area contributed by atoms with Gasteiger partial charge in [-0.2, -0.15) is 0 Å². The lowest BCUT2D eigenvalue weighted by Crippen LogP contribution is -2.31. The summed E-state index contributed by atoms with van der Waals surface area (Å²) in [5.74, 6) is -1.42. The zero-order valence-corrected chi connectivity index (χ0v) is 19.0. The summed E-state index contributed by atoms with van der Waals surface area (Å²) in [6.07, 6.45) is 0. The number of aromatic carboxylic acids is 1. The normalized spacial score (nSPS) is 11.2. The predicted molar refractivity (Wildman–Crippen MR) is 139 cm³/mol. The fourth-order valence-electron chi connectivity index (χ4n) is 4.92. The van der Waals surface area contributed by atoms with E-state index in [1.54, 1.807) is 6.07 Å². The van der Waals surface area contributed by atoms with Gasteiger partial charge in [-0.05, 0) is 39.9 Å². The molecule has 3 heteroatoms. The van der Waals surface area contributed by atoms with Gasteiger partial charge in [0.05, 0.1) is 5.41 Å². The Morgan fingerprint density at radius 3 is 1.34 bits per heavy atom. The molecule has 5 rings (SSSR count). The van der Waals surface area contributed by atoms with Crippen molar-refractivity contribution >= 4 is 5.97 Å². The maximum Gasteiger partial charge on any atom is 0.339 e. The van der Waals surface area contributed by atoms with Crippen LogP contribution in [-0.4, -0.2) is 16.2 Å². The standard InChI is InChI=1S/C32H24O3/c33-30-28(23-13-5-1-6-14-23)21-27(22-29(30)31(34)35)32(24-15-7-2-8-16-24,25-17-9-3-10-18-25)26-19-11-4-12-20-26/h1-22,33H,(H,34,35). The Bertz CT molecular complexity index is 1350. The lowest BCUT2D eigenvalue weighted by Gasteiger charge is -2.37. The number of carbonyl (C=O) groups is 1. The Hall–Kier alpha value is -4.63. The Morgan fingerprint density at radius 2 is 0.943 bits per heavy atom. The van der Waals surface area contributed by atoms with Gasteiger partial charge in [-0.15, -0.1) is 0 Å². The first-order valence-electron chi connectivity index (χ1n) is 11.4. The molecule has 5 aromatic rings. The minimum atomic E-state index is -1.18. The van der Waals surface area contributed by atoms with Gasteiger partial charge in [0.2, 0.25) is 0 Å². The molecule has 0 bridgehead atoms. The fourth-order valence-corrected chi connectivity index (χ4v) is 4.92. The van der Waals surface area contributed by atoms with Crippen LogP contribution in [0.15, 0.2) is 133 Å². The predicted octanol–water partition coefficient (Wildman–Crippen LogP) is 7.14. The number of rotatable bonds is 6. The second-order valence-corrected chi connectivity index (χ2v) is 8.44. The first-order chi connectivity index (χ1) is 17.1. The number of aromatic hydroxyl groups is 1. The summed E-state index contributed by atoms with van der Waals surface area (Å²) in [6.45, 7) is 0. The van der Waals surface area contributed by atoms with Crippen molar-refractivity contribution in [2.45, 2.75) is 5.41 Å². The molecule has 3 nitrogen and oxygen atoms in total. The molecule has 0 amide bonds. The summed E-state index contributed by atoms with van der Waals surface area (Å²) < 4.78 is 0. The van der Waals surface area contributed by atoms with Gasteiger partial charge in [-0.25, -0.2) is 4.79 Å². The Labute approximate surface area is 204 Å². The molecule has 0 atom stereocenters. The third-order valence-corrected chi connectivity index (χ3v) is 6.48. The van der Waals surface area contributed by atoms with Gasteiger partial charge in [0, 0.05) is 5.56 Å². The number of carboxylic acids is 1. The maximum atomic E-state index is 12.3. The van der Waals surface area contributed by atoms with Crippen LogP contribution in [-0.2, 0) is 5.41 Å². The Morgan fingerprint density at radius 1 is 0.543 bits per heavy atom. The SMILES string of the molecule is O=C(O)c1cc(C(c2ccccc2)(c2ccccc2)c2ccccc2)cc(-c2ccccc2)c1O. The monoisotopic (exact) mass is 456 g/mol. The van der Waals surface area contributed by atoms with Crippen LogP contribution in [0.5, 0.6) is 5.75 Å². The number of hydrogen-bond acceptors (Lipinski definition) is 2. The highest BCUT2D eigenvalue weighted by atomic mass is 16.4. The lowest BCUT2D eigenvalue weighted by atomic mass is 9.64. The smallest absolute Gasteiger partial charge is 0.339 e. The van der Waals surface area contributed by atoms with E-state index >= 15 is 0 Å². The van der Waals surface area contributed by atoms with E-state index in [0.717, 1.165) is 27.8 Å². The summed E-state index contributed by atoms with van der Waals surface area (Å²) in [4.78, 5) is 12.3. The molecule has 0 saturated carbocycles. The van der Waals surface area contributed by atoms with Crippen molar-refractivity contribution in [1.29, 1.82) is 0 Å². The van der Waals surface area contributed by atoms with E-state index in [2.05, 4.69) is 36.4 Å². The first-order valence-corrected chi connectivity index (χ1v) is 11.4. The fraction of sp³-hybridized carbons (Fsp3) is 0.0312. The maximum absolute atomic E-state index is 12.3. The van der Waals surface area contributed by atoms with Crippen molar-refractivity contribution in [1.82, 2.24) is 0 Å². The van der Waals surface area contributed by atoms with Gasteiger partial charge < -0.3 is 10.2 Å². The third kappa shape index (κ3) is 3.87. The quantitative estimate of drug-likeness (QED) is 0.267. The van der Waals surface area contributed by atoms with Crippen molar-refractivity contribution in [2.24, 2.45) is 0 Å². The zero-order chi connectivity index (χ0) is 24.3. The van der Waals surface area contributed by atoms with Crippen molar-refractivity contribution in [3.05, 3.63) is 161 Å². The van der Waals surface area contributed by atoms with E-state index in [4.69, 9.17) is 0 Å². The van der Waals surface area contributed by atoms with Crippen LogP contribution in [0.25, 0.3) is 11.1 Å².